The number of anilines is 3. The fraction of sp³-hybridized carbons (Fsp3) is 0.200. The Hall–Kier alpha value is -6.84. The topological polar surface area (TPSA) is 12.1 Å². The predicted molar refractivity (Wildman–Crippen MR) is 272 cm³/mol. The quantitative estimate of drug-likeness (QED) is 0.172. The van der Waals surface area contributed by atoms with Gasteiger partial charge < -0.3 is 13.7 Å². The Balaban J connectivity index is 1.19. The van der Waals surface area contributed by atoms with E-state index in [2.05, 4.69) is 234 Å². The highest BCUT2D eigenvalue weighted by Gasteiger charge is 2.28. The van der Waals surface area contributed by atoms with Gasteiger partial charge in [-0.25, -0.2) is 0 Å². The SMILES string of the molecule is CC(C)(C)c1ccc2c(c1)c1cc(C(C)(C)C)cc3c4cc5c(cc4n2c13)c1cc(C(C)(C)C)cc2c3ccc(N(c4ccccc4)c4cccc(-c6ccccc6)c4)cc3n5c21. The van der Waals surface area contributed by atoms with E-state index in [0.717, 1.165) is 17.1 Å². The Bertz CT molecular complexity index is 3770. The molecule has 0 saturated carbocycles. The summed E-state index contributed by atoms with van der Waals surface area (Å²) in [6.07, 6.45) is 0. The lowest BCUT2D eigenvalue weighted by Crippen LogP contribution is -2.11. The number of nitrogens with zero attached hydrogens (tertiary/aromatic N) is 3. The molecule has 63 heavy (non-hydrogen) atoms. The van der Waals surface area contributed by atoms with Crippen molar-refractivity contribution in [1.29, 1.82) is 0 Å². The number of benzene rings is 8. The van der Waals surface area contributed by atoms with Crippen molar-refractivity contribution >= 4 is 93.3 Å². The average molecular weight is 816 g/mol. The van der Waals surface area contributed by atoms with Gasteiger partial charge in [-0.2, -0.15) is 0 Å². The molecule has 0 radical (unpaired) electrons. The molecule has 8 aromatic carbocycles. The van der Waals surface area contributed by atoms with E-state index >= 15 is 0 Å². The molecule has 308 valence electrons. The molecule has 3 heteroatoms. The first-order valence-corrected chi connectivity index (χ1v) is 22.6. The standard InChI is InChI=1S/C60H53N3/c1-58(2,3)38-23-26-52-45(28-38)49-30-40(60(7,8)9)32-51-46-35-55-47(34-54(46)62(52)57(49)51)50-31-39(59(4,5)6)29-48-44-25-24-43(33-53(44)63(55)56(48)50)61(41-20-14-11-15-21-41)42-22-16-19-37(27-42)36-17-12-10-13-18-36/h10-35H,1-9H3. The van der Waals surface area contributed by atoms with Crippen LogP contribution in [-0.4, -0.2) is 8.80 Å². The highest BCUT2D eigenvalue weighted by atomic mass is 15.1. The first kappa shape index (κ1) is 37.9. The minimum atomic E-state index is -0.0282. The maximum absolute atomic E-state index is 2.58. The van der Waals surface area contributed by atoms with E-state index in [1.807, 2.05) is 0 Å². The van der Waals surface area contributed by atoms with Crippen molar-refractivity contribution in [2.75, 3.05) is 4.90 Å². The van der Waals surface area contributed by atoms with Gasteiger partial charge >= 0.3 is 0 Å². The second-order valence-electron chi connectivity index (χ2n) is 21.2. The first-order chi connectivity index (χ1) is 30.1. The summed E-state index contributed by atoms with van der Waals surface area (Å²) < 4.78 is 5.16. The van der Waals surface area contributed by atoms with Gasteiger partial charge in [0.15, 0.2) is 0 Å². The summed E-state index contributed by atoms with van der Waals surface area (Å²) in [5.74, 6) is 0. The summed E-state index contributed by atoms with van der Waals surface area (Å²) in [6, 6.07) is 59.7. The van der Waals surface area contributed by atoms with E-state index in [-0.39, 0.29) is 16.2 Å². The smallest absolute Gasteiger partial charge is 0.0620 e. The highest BCUT2D eigenvalue weighted by Crippen LogP contribution is 2.48. The maximum Gasteiger partial charge on any atom is 0.0620 e. The van der Waals surface area contributed by atoms with E-state index in [1.165, 1.54) is 104 Å². The van der Waals surface area contributed by atoms with Gasteiger partial charge in [-0.15, -0.1) is 0 Å². The summed E-state index contributed by atoms with van der Waals surface area (Å²) in [4.78, 5) is 2.41. The Kier molecular flexibility index (Phi) is 7.73. The fourth-order valence-electron chi connectivity index (χ4n) is 10.5. The number of rotatable bonds is 4. The zero-order valence-corrected chi connectivity index (χ0v) is 37.9. The summed E-state index contributed by atoms with van der Waals surface area (Å²) in [6.45, 7) is 21.0. The average Bonchev–Trinajstić information content (AvgIpc) is 3.98. The lowest BCUT2D eigenvalue weighted by molar-refractivity contribution is 0.590. The number of fused-ring (bicyclic) bond motifs is 12. The van der Waals surface area contributed by atoms with E-state index in [9.17, 15) is 0 Å². The van der Waals surface area contributed by atoms with Crippen LogP contribution < -0.4 is 4.90 Å². The van der Waals surface area contributed by atoms with Crippen LogP contribution in [0.25, 0.3) is 87.3 Å². The molecule has 0 aliphatic heterocycles. The molecule has 0 N–H and O–H groups in total. The van der Waals surface area contributed by atoms with Gasteiger partial charge in [0, 0.05) is 60.2 Å². The first-order valence-electron chi connectivity index (χ1n) is 22.6. The maximum atomic E-state index is 2.58. The summed E-state index contributed by atoms with van der Waals surface area (Å²) in [5.41, 5.74) is 17.5. The summed E-state index contributed by atoms with van der Waals surface area (Å²) >= 11 is 0. The molecule has 0 saturated heterocycles. The molecule has 0 amide bonds. The van der Waals surface area contributed by atoms with Crippen LogP contribution in [0.2, 0.25) is 0 Å². The molecule has 0 fully saturated rings. The largest absolute Gasteiger partial charge is 0.310 e. The van der Waals surface area contributed by atoms with Crippen LogP contribution in [0.1, 0.15) is 79.0 Å². The zero-order valence-electron chi connectivity index (χ0n) is 37.9. The van der Waals surface area contributed by atoms with Gasteiger partial charge in [-0.3, -0.25) is 0 Å². The van der Waals surface area contributed by atoms with Gasteiger partial charge in [-0.05, 0) is 129 Å². The Morgan fingerprint density at radius 1 is 0.302 bits per heavy atom. The van der Waals surface area contributed by atoms with Crippen LogP contribution in [0.5, 0.6) is 0 Å². The minimum Gasteiger partial charge on any atom is -0.310 e. The summed E-state index contributed by atoms with van der Waals surface area (Å²) in [7, 11) is 0. The van der Waals surface area contributed by atoms with Gasteiger partial charge in [0.05, 0.1) is 33.1 Å². The Labute approximate surface area is 369 Å². The third-order valence-electron chi connectivity index (χ3n) is 14.0. The van der Waals surface area contributed by atoms with Crippen LogP contribution in [0.15, 0.2) is 158 Å². The molecular formula is C60H53N3. The molecule has 0 bridgehead atoms. The second kappa shape index (κ2) is 12.9. The molecule has 0 atom stereocenters. The van der Waals surface area contributed by atoms with E-state index in [1.54, 1.807) is 0 Å². The molecule has 4 aromatic heterocycles. The third-order valence-corrected chi connectivity index (χ3v) is 14.0. The second-order valence-corrected chi connectivity index (χ2v) is 21.2. The van der Waals surface area contributed by atoms with E-state index in [4.69, 9.17) is 0 Å². The summed E-state index contributed by atoms with van der Waals surface area (Å²) in [5, 5.41) is 10.5. The molecule has 0 spiro atoms. The third kappa shape index (κ3) is 5.58. The van der Waals surface area contributed by atoms with Crippen molar-refractivity contribution < 1.29 is 0 Å². The van der Waals surface area contributed by atoms with Gasteiger partial charge in [-0.1, -0.05) is 135 Å². The molecule has 0 aliphatic carbocycles. The van der Waals surface area contributed by atoms with Crippen molar-refractivity contribution in [3.05, 3.63) is 174 Å². The molecular weight excluding hydrogens is 763 g/mol. The molecule has 12 rings (SSSR count). The minimum absolute atomic E-state index is 0.00966. The molecule has 4 heterocycles. The van der Waals surface area contributed by atoms with Crippen LogP contribution in [0.4, 0.5) is 17.1 Å². The van der Waals surface area contributed by atoms with Crippen molar-refractivity contribution in [3.63, 3.8) is 0 Å². The number of hydrogen-bond donors (Lipinski definition) is 0. The number of para-hydroxylation sites is 1. The van der Waals surface area contributed by atoms with Crippen LogP contribution >= 0.6 is 0 Å². The predicted octanol–water partition coefficient (Wildman–Crippen LogP) is 17.0. The fourth-order valence-corrected chi connectivity index (χ4v) is 10.5. The Morgan fingerprint density at radius 2 is 0.746 bits per heavy atom. The molecule has 0 aliphatic rings. The van der Waals surface area contributed by atoms with Crippen LogP contribution in [-0.2, 0) is 16.2 Å². The van der Waals surface area contributed by atoms with Crippen molar-refractivity contribution in [3.8, 4) is 11.1 Å². The van der Waals surface area contributed by atoms with Gasteiger partial charge in [0.25, 0.3) is 0 Å². The molecule has 3 nitrogen and oxygen atoms in total. The van der Waals surface area contributed by atoms with Crippen LogP contribution in [0, 0.1) is 0 Å². The molecule has 0 unspecified atom stereocenters. The highest BCUT2D eigenvalue weighted by molar-refractivity contribution is 6.29. The monoisotopic (exact) mass is 815 g/mol. The van der Waals surface area contributed by atoms with Crippen LogP contribution in [0.3, 0.4) is 0 Å². The van der Waals surface area contributed by atoms with Crippen molar-refractivity contribution in [2.45, 2.75) is 78.6 Å². The molecule has 12 aromatic rings. The van der Waals surface area contributed by atoms with E-state index in [0.29, 0.717) is 0 Å². The van der Waals surface area contributed by atoms with Gasteiger partial charge in [0.1, 0.15) is 0 Å². The van der Waals surface area contributed by atoms with Gasteiger partial charge in [0.2, 0.25) is 0 Å². The number of hydrogen-bond acceptors (Lipinski definition) is 1. The van der Waals surface area contributed by atoms with Crippen molar-refractivity contribution in [2.24, 2.45) is 0 Å². The van der Waals surface area contributed by atoms with Crippen molar-refractivity contribution in [1.82, 2.24) is 8.80 Å². The Morgan fingerprint density at radius 3 is 1.32 bits per heavy atom. The normalized spacial score (nSPS) is 13.2. The van der Waals surface area contributed by atoms with E-state index < -0.39 is 0 Å². The lowest BCUT2D eigenvalue weighted by atomic mass is 9.84. The lowest BCUT2D eigenvalue weighted by Gasteiger charge is -2.26. The number of aromatic nitrogens is 2. The zero-order chi connectivity index (χ0) is 43.3.